The number of hydrogen-bond donors (Lipinski definition) is 1. The van der Waals surface area contributed by atoms with Crippen molar-refractivity contribution in [2.75, 3.05) is 0 Å². The Hall–Kier alpha value is -1.94. The van der Waals surface area contributed by atoms with Gasteiger partial charge in [0.05, 0.1) is 5.70 Å². The molecule has 2 aromatic rings. The molecule has 105 valence electrons. The second-order valence-electron chi connectivity index (χ2n) is 4.94. The average Bonchev–Trinajstić information content (AvgIpc) is 3.19. The van der Waals surface area contributed by atoms with E-state index in [9.17, 15) is 5.11 Å². The number of nitrogens with zero attached hydrogens (tertiary/aromatic N) is 3. The molecule has 1 heterocycles. The quantitative estimate of drug-likeness (QED) is 0.934. The van der Waals surface area contributed by atoms with Crippen molar-refractivity contribution in [3.63, 3.8) is 0 Å². The van der Waals surface area contributed by atoms with Crippen LogP contribution in [-0.4, -0.2) is 26.0 Å². The van der Waals surface area contributed by atoms with Crippen LogP contribution in [0.3, 0.4) is 0 Å². The van der Waals surface area contributed by atoms with Crippen molar-refractivity contribution < 1.29 is 5.11 Å². The summed E-state index contributed by atoms with van der Waals surface area (Å²) >= 11 is 0. The smallest absolute Gasteiger partial charge is 0.138 e. The van der Waals surface area contributed by atoms with Crippen molar-refractivity contribution in [1.29, 1.82) is 0 Å². The third-order valence-electron chi connectivity index (χ3n) is 3.36. The van der Waals surface area contributed by atoms with Gasteiger partial charge >= 0.3 is 0 Å². The van der Waals surface area contributed by atoms with Crippen LogP contribution in [0.5, 0.6) is 0 Å². The first kappa shape index (κ1) is 14.0. The fourth-order valence-electron chi connectivity index (χ4n) is 2.19. The second kappa shape index (κ2) is 6.22. The molecule has 0 saturated heterocycles. The summed E-state index contributed by atoms with van der Waals surface area (Å²) in [5.41, 5.74) is 2.88. The number of aromatic nitrogens is 3. The molecule has 5 radical (unpaired) electrons. The van der Waals surface area contributed by atoms with E-state index in [4.69, 9.17) is 0 Å². The van der Waals surface area contributed by atoms with E-state index in [1.807, 2.05) is 62.9 Å². The summed E-state index contributed by atoms with van der Waals surface area (Å²) < 4.78 is 1.59. The van der Waals surface area contributed by atoms with E-state index < -0.39 is 6.10 Å². The number of aliphatic hydroxyl groups excluding tert-OH is 1. The maximum Gasteiger partial charge on any atom is 0.138 e. The van der Waals surface area contributed by atoms with Gasteiger partial charge in [0.1, 0.15) is 18.8 Å². The lowest BCUT2D eigenvalue weighted by atomic mass is 9.97. The predicted octanol–water partition coefficient (Wildman–Crippen LogP) is 2.35. The zero-order chi connectivity index (χ0) is 14.7. The highest BCUT2D eigenvalue weighted by molar-refractivity contribution is 5.75. The number of hydrogen-bond acceptors (Lipinski definition) is 3. The first-order chi connectivity index (χ1) is 10.2. The molecule has 0 spiro atoms. The van der Waals surface area contributed by atoms with Crippen LogP contribution in [0.25, 0.3) is 11.8 Å². The van der Waals surface area contributed by atoms with Gasteiger partial charge in [0.2, 0.25) is 0 Å². The molecule has 4 nitrogen and oxygen atoms in total. The van der Waals surface area contributed by atoms with Crippen molar-refractivity contribution >= 4 is 11.8 Å². The number of benzene rings is 1. The van der Waals surface area contributed by atoms with E-state index in [-0.39, 0.29) is 0 Å². The van der Waals surface area contributed by atoms with Crippen molar-refractivity contribution in [2.45, 2.75) is 13.0 Å². The van der Waals surface area contributed by atoms with E-state index >= 15 is 0 Å². The highest BCUT2D eigenvalue weighted by Gasteiger charge is 2.28. The van der Waals surface area contributed by atoms with Crippen LogP contribution >= 0.6 is 0 Å². The van der Waals surface area contributed by atoms with Crippen LogP contribution < -0.4 is 0 Å². The van der Waals surface area contributed by atoms with Gasteiger partial charge in [0.15, 0.2) is 0 Å². The molecule has 4 heteroatoms. The molecule has 1 unspecified atom stereocenters. The van der Waals surface area contributed by atoms with E-state index in [2.05, 4.69) is 10.1 Å². The van der Waals surface area contributed by atoms with Gasteiger partial charge < -0.3 is 5.11 Å². The van der Waals surface area contributed by atoms with Gasteiger partial charge in [-0.05, 0) is 44.2 Å². The Kier molecular flexibility index (Phi) is 4.15. The van der Waals surface area contributed by atoms with Gasteiger partial charge in [0.25, 0.3) is 0 Å². The summed E-state index contributed by atoms with van der Waals surface area (Å²) in [5.74, 6) is 0.837. The van der Waals surface area contributed by atoms with E-state index in [0.29, 0.717) is 5.70 Å². The van der Waals surface area contributed by atoms with E-state index in [1.54, 1.807) is 11.0 Å². The summed E-state index contributed by atoms with van der Waals surface area (Å²) in [6.45, 7) is 2.05. The summed E-state index contributed by atoms with van der Waals surface area (Å²) in [6, 6.07) is 8.12. The normalized spacial score (nSPS) is 18.1. The minimum atomic E-state index is -0.747. The molecule has 1 aromatic heterocycles. The fourth-order valence-corrected chi connectivity index (χ4v) is 2.19. The topological polar surface area (TPSA) is 50.9 Å². The van der Waals surface area contributed by atoms with Crippen LogP contribution in [0, 0.1) is 38.5 Å². The Bertz CT molecular complexity index is 595. The standard InChI is InChI=1S/C17H16N3O/c1-13-6-8-14(9-7-13)10-16(20-12-18-11-19-20)17(21)15-4-2-3-5-15/h2-12,17,21H,1H3/b16-10+. The van der Waals surface area contributed by atoms with Gasteiger partial charge in [0, 0.05) is 5.92 Å². The molecule has 1 aromatic carbocycles. The minimum Gasteiger partial charge on any atom is -0.386 e. The number of rotatable bonds is 4. The zero-order valence-electron chi connectivity index (χ0n) is 11.7. The third-order valence-corrected chi connectivity index (χ3v) is 3.36. The van der Waals surface area contributed by atoms with E-state index in [0.717, 1.165) is 11.5 Å². The van der Waals surface area contributed by atoms with Gasteiger partial charge in [-0.25, -0.2) is 9.67 Å². The Morgan fingerprint density at radius 3 is 2.52 bits per heavy atom. The molecule has 1 aliphatic carbocycles. The van der Waals surface area contributed by atoms with Gasteiger partial charge in [-0.1, -0.05) is 29.8 Å². The lowest BCUT2D eigenvalue weighted by Gasteiger charge is -2.20. The molecule has 3 rings (SSSR count). The van der Waals surface area contributed by atoms with E-state index in [1.165, 1.54) is 11.9 Å². The fraction of sp³-hybridized carbons (Fsp3) is 0.118. The molecule has 21 heavy (non-hydrogen) atoms. The second-order valence-corrected chi connectivity index (χ2v) is 4.94. The van der Waals surface area contributed by atoms with Crippen molar-refractivity contribution in [3.05, 3.63) is 79.6 Å². The first-order valence-corrected chi connectivity index (χ1v) is 6.77. The summed E-state index contributed by atoms with van der Waals surface area (Å²) in [7, 11) is 0. The van der Waals surface area contributed by atoms with Crippen molar-refractivity contribution in [1.82, 2.24) is 14.8 Å². The molecule has 1 saturated carbocycles. The summed E-state index contributed by atoms with van der Waals surface area (Å²) in [4.78, 5) is 3.96. The maximum atomic E-state index is 10.6. The lowest BCUT2D eigenvalue weighted by molar-refractivity contribution is 0.246. The molecular weight excluding hydrogens is 262 g/mol. The molecule has 1 atom stereocenters. The molecular formula is C17H16N3O. The molecule has 0 amide bonds. The lowest BCUT2D eigenvalue weighted by Crippen LogP contribution is -2.22. The molecule has 1 fully saturated rings. The minimum absolute atomic E-state index is 0.669. The third kappa shape index (κ3) is 3.22. The van der Waals surface area contributed by atoms with Crippen LogP contribution in [0.1, 0.15) is 11.1 Å². The van der Waals surface area contributed by atoms with Gasteiger partial charge in [-0.3, -0.25) is 0 Å². The molecule has 0 aliphatic heterocycles. The number of aliphatic hydroxyl groups is 1. The van der Waals surface area contributed by atoms with Crippen LogP contribution in [0.2, 0.25) is 0 Å². The first-order valence-electron chi connectivity index (χ1n) is 6.77. The van der Waals surface area contributed by atoms with Crippen LogP contribution in [0.4, 0.5) is 0 Å². The molecule has 0 bridgehead atoms. The van der Waals surface area contributed by atoms with Crippen molar-refractivity contribution in [3.8, 4) is 0 Å². The van der Waals surface area contributed by atoms with Crippen molar-refractivity contribution in [2.24, 2.45) is 0 Å². The highest BCUT2D eigenvalue weighted by Crippen LogP contribution is 2.31. The average molecular weight is 278 g/mol. The summed E-state index contributed by atoms with van der Waals surface area (Å²) in [5, 5.41) is 14.7. The Labute approximate surface area is 125 Å². The highest BCUT2D eigenvalue weighted by atomic mass is 16.3. The van der Waals surface area contributed by atoms with Crippen LogP contribution in [-0.2, 0) is 0 Å². The predicted molar refractivity (Wildman–Crippen MR) is 81.8 cm³/mol. The summed E-state index contributed by atoms with van der Waals surface area (Å²) in [6.07, 6.45) is 11.8. The Morgan fingerprint density at radius 2 is 1.90 bits per heavy atom. The van der Waals surface area contributed by atoms with Crippen LogP contribution in [0.15, 0.2) is 36.9 Å². The zero-order valence-corrected chi connectivity index (χ0v) is 11.7. The van der Waals surface area contributed by atoms with Gasteiger partial charge in [-0.2, -0.15) is 5.10 Å². The Balaban J connectivity index is 1.93. The largest absolute Gasteiger partial charge is 0.386 e. The monoisotopic (exact) mass is 278 g/mol. The number of aryl methyl sites for hydroxylation is 1. The van der Waals surface area contributed by atoms with Gasteiger partial charge in [-0.15, -0.1) is 0 Å². The molecule has 1 aliphatic rings. The molecule has 1 N–H and O–H groups in total. The Morgan fingerprint density at radius 1 is 1.19 bits per heavy atom. The maximum absolute atomic E-state index is 10.6. The SMILES string of the molecule is Cc1ccc(/C=C(\C(O)[C]2[CH][CH][CH][CH]2)n2cncn2)cc1.